The van der Waals surface area contributed by atoms with Crippen LogP contribution in [0.1, 0.15) is 30.0 Å². The Morgan fingerprint density at radius 1 is 1.27 bits per heavy atom. The molecule has 0 spiro atoms. The minimum atomic E-state index is -3.50. The lowest BCUT2D eigenvalue weighted by Gasteiger charge is -2.12. The van der Waals surface area contributed by atoms with Crippen LogP contribution < -0.4 is 0 Å². The van der Waals surface area contributed by atoms with Crippen molar-refractivity contribution in [1.82, 2.24) is 13.9 Å². The van der Waals surface area contributed by atoms with Gasteiger partial charge in [-0.3, -0.25) is 0 Å². The summed E-state index contributed by atoms with van der Waals surface area (Å²) < 4.78 is 39.5. The van der Waals surface area contributed by atoms with Gasteiger partial charge in [0.15, 0.2) is 5.16 Å². The smallest absolute Gasteiger partial charge is 0.276 e. The van der Waals surface area contributed by atoms with Crippen LogP contribution in [0.15, 0.2) is 26.8 Å². The van der Waals surface area contributed by atoms with Crippen LogP contribution in [0.3, 0.4) is 0 Å². The number of aryl methyl sites for hydroxylation is 1. The van der Waals surface area contributed by atoms with Crippen molar-refractivity contribution in [1.29, 1.82) is 0 Å². The Morgan fingerprint density at radius 3 is 2.69 bits per heavy atom. The van der Waals surface area contributed by atoms with Crippen molar-refractivity contribution in [3.8, 4) is 0 Å². The van der Waals surface area contributed by atoms with Crippen molar-refractivity contribution in [2.24, 2.45) is 0 Å². The zero-order valence-electron chi connectivity index (χ0n) is 15.4. The lowest BCUT2D eigenvalue weighted by atomic mass is 10.4. The van der Waals surface area contributed by atoms with Crippen LogP contribution >= 0.6 is 11.8 Å². The average molecular weight is 400 g/mol. The van der Waals surface area contributed by atoms with Gasteiger partial charge >= 0.3 is 0 Å². The predicted molar refractivity (Wildman–Crippen MR) is 99.8 cm³/mol. The van der Waals surface area contributed by atoms with Gasteiger partial charge in [-0.25, -0.2) is 13.4 Å². The molecule has 3 heterocycles. The zero-order chi connectivity index (χ0) is 18.7. The summed E-state index contributed by atoms with van der Waals surface area (Å²) in [6.45, 7) is 6.51. The van der Waals surface area contributed by atoms with E-state index in [0.29, 0.717) is 31.2 Å². The molecule has 1 aliphatic rings. The number of nitrogens with zero attached hydrogens (tertiary/aromatic N) is 3. The normalized spacial score (nSPS) is 15.8. The maximum Gasteiger partial charge on any atom is 0.276 e. The second kappa shape index (κ2) is 8.16. The van der Waals surface area contributed by atoms with Crippen LogP contribution in [0.4, 0.5) is 0 Å². The monoisotopic (exact) mass is 399 g/mol. The molecule has 0 unspecified atom stereocenters. The quantitative estimate of drug-likeness (QED) is 0.635. The van der Waals surface area contributed by atoms with Gasteiger partial charge in [-0.1, -0.05) is 11.8 Å². The minimum Gasteiger partial charge on any atom is -0.447 e. The van der Waals surface area contributed by atoms with E-state index in [1.807, 2.05) is 13.8 Å². The molecule has 2 aromatic rings. The van der Waals surface area contributed by atoms with E-state index in [9.17, 15) is 8.42 Å². The number of furan rings is 1. The molecule has 1 aliphatic heterocycles. The molecule has 0 radical (unpaired) electrons. The first-order valence-corrected chi connectivity index (χ1v) is 11.1. The van der Waals surface area contributed by atoms with Crippen LogP contribution in [0.25, 0.3) is 0 Å². The number of aromatic nitrogens is 2. The Kier molecular flexibility index (Phi) is 6.11. The SMILES string of the molecule is COCCn1c(SCc2ccc(S(=O)(=O)N3CCCC3)o2)nc(C)c1C. The summed E-state index contributed by atoms with van der Waals surface area (Å²) in [7, 11) is -1.83. The number of ether oxygens (including phenoxy) is 1. The maximum absolute atomic E-state index is 12.5. The summed E-state index contributed by atoms with van der Waals surface area (Å²) in [5, 5.41) is 0.919. The Hall–Kier alpha value is -1.29. The molecular formula is C17H25N3O4S2. The van der Waals surface area contributed by atoms with Crippen molar-refractivity contribution in [2.45, 2.75) is 49.2 Å². The number of hydrogen-bond acceptors (Lipinski definition) is 6. The summed E-state index contributed by atoms with van der Waals surface area (Å²) in [6.07, 6.45) is 1.82. The molecule has 144 valence electrons. The van der Waals surface area contributed by atoms with E-state index in [0.717, 1.165) is 35.9 Å². The molecule has 2 aromatic heterocycles. The van der Waals surface area contributed by atoms with Gasteiger partial charge in [0.05, 0.1) is 18.1 Å². The Labute approximate surface area is 158 Å². The predicted octanol–water partition coefficient (Wildman–Crippen LogP) is 2.82. The largest absolute Gasteiger partial charge is 0.447 e. The molecule has 3 rings (SSSR count). The highest BCUT2D eigenvalue weighted by molar-refractivity contribution is 7.98. The van der Waals surface area contributed by atoms with Crippen molar-refractivity contribution in [3.05, 3.63) is 29.3 Å². The average Bonchev–Trinajstić information content (AvgIpc) is 3.34. The number of rotatable bonds is 8. The van der Waals surface area contributed by atoms with Gasteiger partial charge in [0, 0.05) is 32.4 Å². The second-order valence-corrected chi connectivity index (χ2v) is 9.14. The van der Waals surface area contributed by atoms with Crippen LogP contribution in [-0.2, 0) is 27.1 Å². The highest BCUT2D eigenvalue weighted by Crippen LogP contribution is 2.28. The highest BCUT2D eigenvalue weighted by Gasteiger charge is 2.30. The van der Waals surface area contributed by atoms with Crippen molar-refractivity contribution in [2.75, 3.05) is 26.8 Å². The van der Waals surface area contributed by atoms with Gasteiger partial charge in [0.2, 0.25) is 5.09 Å². The Balaban J connectivity index is 1.70. The lowest BCUT2D eigenvalue weighted by Crippen LogP contribution is -2.27. The third-order valence-electron chi connectivity index (χ3n) is 4.58. The topological polar surface area (TPSA) is 77.6 Å². The van der Waals surface area contributed by atoms with Crippen molar-refractivity contribution in [3.63, 3.8) is 0 Å². The standard InChI is InChI=1S/C17H25N3O4S2/c1-13-14(2)20(10-11-23-3)17(18-13)25-12-15-6-7-16(24-15)26(21,22)19-8-4-5-9-19/h6-7H,4-5,8-12H2,1-3H3. The molecule has 1 saturated heterocycles. The third kappa shape index (κ3) is 4.00. The third-order valence-corrected chi connectivity index (χ3v) is 7.35. The van der Waals surface area contributed by atoms with Crippen molar-refractivity contribution >= 4 is 21.8 Å². The van der Waals surface area contributed by atoms with Crippen molar-refractivity contribution < 1.29 is 17.6 Å². The number of thioether (sulfide) groups is 1. The Morgan fingerprint density at radius 2 is 2.00 bits per heavy atom. The van der Waals surface area contributed by atoms with Crippen LogP contribution in [0, 0.1) is 13.8 Å². The molecule has 0 N–H and O–H groups in total. The van der Waals surface area contributed by atoms with Gasteiger partial charge in [-0.05, 0) is 38.8 Å². The van der Waals surface area contributed by atoms with E-state index in [1.54, 1.807) is 19.2 Å². The fourth-order valence-electron chi connectivity index (χ4n) is 2.95. The fourth-order valence-corrected chi connectivity index (χ4v) is 5.40. The molecule has 0 aliphatic carbocycles. The molecule has 0 bridgehead atoms. The molecule has 9 heteroatoms. The van der Waals surface area contributed by atoms with E-state index in [-0.39, 0.29) is 5.09 Å². The molecule has 1 fully saturated rings. The summed E-state index contributed by atoms with van der Waals surface area (Å²) in [5.41, 5.74) is 2.10. The first kappa shape index (κ1) is 19.5. The van der Waals surface area contributed by atoms with Gasteiger partial charge in [-0.2, -0.15) is 4.31 Å². The van der Waals surface area contributed by atoms with E-state index in [4.69, 9.17) is 9.15 Å². The number of methoxy groups -OCH3 is 1. The molecule has 0 aromatic carbocycles. The summed E-state index contributed by atoms with van der Waals surface area (Å²) in [4.78, 5) is 4.60. The molecule has 0 amide bonds. The van der Waals surface area contributed by atoms with E-state index in [2.05, 4.69) is 9.55 Å². The number of imidazole rings is 1. The molecular weight excluding hydrogens is 374 g/mol. The molecule has 26 heavy (non-hydrogen) atoms. The number of sulfonamides is 1. The summed E-state index contributed by atoms with van der Waals surface area (Å²) in [5.74, 6) is 1.16. The fraction of sp³-hybridized carbons (Fsp3) is 0.588. The summed E-state index contributed by atoms with van der Waals surface area (Å²) in [6, 6.07) is 3.29. The second-order valence-electron chi connectivity index (χ2n) is 6.33. The zero-order valence-corrected chi connectivity index (χ0v) is 17.0. The van der Waals surface area contributed by atoms with E-state index < -0.39 is 10.0 Å². The minimum absolute atomic E-state index is 0.0325. The highest BCUT2D eigenvalue weighted by atomic mass is 32.2. The first-order valence-electron chi connectivity index (χ1n) is 8.68. The molecule has 0 atom stereocenters. The number of hydrogen-bond donors (Lipinski definition) is 0. The molecule has 0 saturated carbocycles. The van der Waals surface area contributed by atoms with E-state index >= 15 is 0 Å². The van der Waals surface area contributed by atoms with Gasteiger partial charge < -0.3 is 13.7 Å². The van der Waals surface area contributed by atoms with Gasteiger partial charge in [0.1, 0.15) is 5.76 Å². The van der Waals surface area contributed by atoms with Gasteiger partial charge in [-0.15, -0.1) is 0 Å². The first-order chi connectivity index (χ1) is 12.4. The Bertz CT molecular complexity index is 851. The molecule has 7 nitrogen and oxygen atoms in total. The lowest BCUT2D eigenvalue weighted by molar-refractivity contribution is 0.184. The van der Waals surface area contributed by atoms with Crippen LogP contribution in [-0.4, -0.2) is 49.1 Å². The van der Waals surface area contributed by atoms with Crippen LogP contribution in [0.5, 0.6) is 0 Å². The maximum atomic E-state index is 12.5. The van der Waals surface area contributed by atoms with Gasteiger partial charge in [0.25, 0.3) is 10.0 Å². The van der Waals surface area contributed by atoms with E-state index in [1.165, 1.54) is 16.1 Å². The van der Waals surface area contributed by atoms with Crippen LogP contribution in [0.2, 0.25) is 0 Å². The summed E-state index contributed by atoms with van der Waals surface area (Å²) >= 11 is 1.54.